The normalized spacial score (nSPS) is 15.4. The zero-order chi connectivity index (χ0) is 21.0. The maximum Gasteiger partial charge on any atom is 0.416 e. The van der Waals surface area contributed by atoms with E-state index in [1.54, 1.807) is 12.1 Å². The fourth-order valence-electron chi connectivity index (χ4n) is 3.30. The first-order valence-electron chi connectivity index (χ1n) is 9.45. The summed E-state index contributed by atoms with van der Waals surface area (Å²) in [5, 5.41) is 11.7. The average molecular weight is 407 g/mol. The largest absolute Gasteiger partial charge is 0.416 e. The van der Waals surface area contributed by atoms with Crippen molar-refractivity contribution in [2.75, 3.05) is 49.5 Å². The van der Waals surface area contributed by atoms with E-state index in [2.05, 4.69) is 10.2 Å². The second-order valence-corrected chi connectivity index (χ2v) is 7.14. The highest BCUT2D eigenvalue weighted by atomic mass is 19.4. The van der Waals surface area contributed by atoms with Crippen LogP contribution in [-0.4, -0.2) is 55.2 Å². The van der Waals surface area contributed by atoms with Gasteiger partial charge in [-0.2, -0.15) is 13.2 Å². The fourth-order valence-corrected chi connectivity index (χ4v) is 3.30. The molecule has 3 rings (SSSR count). The quantitative estimate of drug-likeness (QED) is 0.798. The van der Waals surface area contributed by atoms with Crippen molar-refractivity contribution in [3.05, 3.63) is 59.2 Å². The van der Waals surface area contributed by atoms with E-state index in [4.69, 9.17) is 5.11 Å². The summed E-state index contributed by atoms with van der Waals surface area (Å²) in [6, 6.07) is 10.5. The molecular formula is C21H24F3N3O2. The molecule has 0 unspecified atom stereocenters. The molecule has 0 saturated carbocycles. The summed E-state index contributed by atoms with van der Waals surface area (Å²) < 4.78 is 40.3. The van der Waals surface area contributed by atoms with Crippen LogP contribution in [0, 0.1) is 6.92 Å². The Hall–Kier alpha value is -2.58. The van der Waals surface area contributed by atoms with Crippen molar-refractivity contribution in [3.63, 3.8) is 0 Å². The number of anilines is 2. The Labute approximate surface area is 167 Å². The monoisotopic (exact) mass is 407 g/mol. The van der Waals surface area contributed by atoms with Crippen LogP contribution in [-0.2, 0) is 6.18 Å². The summed E-state index contributed by atoms with van der Waals surface area (Å²) in [7, 11) is 0. The molecule has 0 radical (unpaired) electrons. The molecule has 5 nitrogen and oxygen atoms in total. The van der Waals surface area contributed by atoms with Gasteiger partial charge in [0.15, 0.2) is 0 Å². The molecule has 2 aromatic rings. The van der Waals surface area contributed by atoms with Gasteiger partial charge in [0.2, 0.25) is 0 Å². The number of aryl methyl sites for hydroxylation is 1. The van der Waals surface area contributed by atoms with Gasteiger partial charge in [0.25, 0.3) is 5.91 Å². The number of piperazine rings is 1. The van der Waals surface area contributed by atoms with Crippen molar-refractivity contribution in [2.45, 2.75) is 13.1 Å². The van der Waals surface area contributed by atoms with Crippen molar-refractivity contribution in [3.8, 4) is 0 Å². The standard InChI is InChI=1S/C21H24F3N3O2/c1-15-2-4-18(5-3-15)25-20(29)16-12-17(21(22,23)24)14-19(13-16)27-8-6-26(7-9-27)10-11-28/h2-5,12-14,28H,6-11H2,1H3,(H,25,29). The Morgan fingerprint density at radius 1 is 1.07 bits per heavy atom. The minimum Gasteiger partial charge on any atom is -0.395 e. The molecule has 0 bridgehead atoms. The van der Waals surface area contributed by atoms with Crippen LogP contribution in [0.2, 0.25) is 0 Å². The lowest BCUT2D eigenvalue weighted by Gasteiger charge is -2.36. The molecule has 29 heavy (non-hydrogen) atoms. The van der Waals surface area contributed by atoms with Gasteiger partial charge in [-0.05, 0) is 37.3 Å². The summed E-state index contributed by atoms with van der Waals surface area (Å²) in [4.78, 5) is 16.5. The first-order chi connectivity index (χ1) is 13.8. The number of nitrogens with one attached hydrogen (secondary N) is 1. The summed E-state index contributed by atoms with van der Waals surface area (Å²) in [5.74, 6) is -0.583. The third-order valence-corrected chi connectivity index (χ3v) is 4.97. The number of benzene rings is 2. The van der Waals surface area contributed by atoms with E-state index in [0.717, 1.165) is 17.7 Å². The van der Waals surface area contributed by atoms with Crippen LogP contribution in [0.25, 0.3) is 0 Å². The molecule has 2 N–H and O–H groups in total. The predicted molar refractivity (Wildman–Crippen MR) is 106 cm³/mol. The zero-order valence-corrected chi connectivity index (χ0v) is 16.2. The van der Waals surface area contributed by atoms with Gasteiger partial charge in [0.05, 0.1) is 12.2 Å². The van der Waals surface area contributed by atoms with Crippen LogP contribution >= 0.6 is 0 Å². The lowest BCUT2D eigenvalue weighted by atomic mass is 10.1. The number of halogens is 3. The number of alkyl halides is 3. The molecule has 0 atom stereocenters. The molecule has 1 aliphatic rings. The molecule has 0 spiro atoms. The van der Waals surface area contributed by atoms with E-state index < -0.39 is 17.6 Å². The molecule has 0 aliphatic carbocycles. The number of aliphatic hydroxyl groups excluding tert-OH is 1. The topological polar surface area (TPSA) is 55.8 Å². The Kier molecular flexibility index (Phi) is 6.44. The number of hydrogen-bond acceptors (Lipinski definition) is 4. The van der Waals surface area contributed by atoms with Gasteiger partial charge in [0.1, 0.15) is 0 Å². The molecule has 156 valence electrons. The van der Waals surface area contributed by atoms with Crippen molar-refractivity contribution in [2.24, 2.45) is 0 Å². The highest BCUT2D eigenvalue weighted by Crippen LogP contribution is 2.33. The van der Waals surface area contributed by atoms with Gasteiger partial charge in [-0.15, -0.1) is 0 Å². The van der Waals surface area contributed by atoms with E-state index >= 15 is 0 Å². The average Bonchev–Trinajstić information content (AvgIpc) is 2.69. The van der Waals surface area contributed by atoms with E-state index in [9.17, 15) is 18.0 Å². The van der Waals surface area contributed by atoms with Crippen LogP contribution in [0.3, 0.4) is 0 Å². The minimum atomic E-state index is -4.55. The predicted octanol–water partition coefficient (Wildman–Crippen LogP) is 3.38. The molecule has 8 heteroatoms. The highest BCUT2D eigenvalue weighted by Gasteiger charge is 2.32. The van der Waals surface area contributed by atoms with Crippen molar-refractivity contribution in [1.29, 1.82) is 0 Å². The number of carbonyl (C=O) groups excluding carboxylic acids is 1. The van der Waals surface area contributed by atoms with Crippen molar-refractivity contribution >= 4 is 17.3 Å². The number of aliphatic hydroxyl groups is 1. The number of hydrogen-bond donors (Lipinski definition) is 2. The molecule has 1 amide bonds. The summed E-state index contributed by atoms with van der Waals surface area (Å²) >= 11 is 0. The molecule has 1 heterocycles. The van der Waals surface area contributed by atoms with Crippen molar-refractivity contribution in [1.82, 2.24) is 4.90 Å². The van der Waals surface area contributed by atoms with Gasteiger partial charge in [-0.3, -0.25) is 9.69 Å². The Morgan fingerprint density at radius 3 is 2.31 bits per heavy atom. The zero-order valence-electron chi connectivity index (χ0n) is 16.2. The second-order valence-electron chi connectivity index (χ2n) is 7.14. The van der Waals surface area contributed by atoms with E-state index in [1.807, 2.05) is 24.0 Å². The van der Waals surface area contributed by atoms with Crippen LogP contribution in [0.15, 0.2) is 42.5 Å². The van der Waals surface area contributed by atoms with Gasteiger partial charge < -0.3 is 15.3 Å². The third-order valence-electron chi connectivity index (χ3n) is 4.97. The van der Waals surface area contributed by atoms with Crippen molar-refractivity contribution < 1.29 is 23.1 Å². The number of β-amino-alcohol motifs (C(OH)–C–C–N with tert-alkyl or cyclic N) is 1. The Bertz CT molecular complexity index is 845. The molecule has 1 fully saturated rings. The van der Waals surface area contributed by atoms with Crippen LogP contribution in [0.4, 0.5) is 24.5 Å². The molecule has 2 aromatic carbocycles. The van der Waals surface area contributed by atoms with Gasteiger partial charge >= 0.3 is 6.18 Å². The van der Waals surface area contributed by atoms with Crippen LogP contribution in [0.5, 0.6) is 0 Å². The summed E-state index contributed by atoms with van der Waals surface area (Å²) in [6.45, 7) is 4.84. The molecular weight excluding hydrogens is 383 g/mol. The fraction of sp³-hybridized carbons (Fsp3) is 0.381. The maximum atomic E-state index is 13.4. The number of rotatable bonds is 5. The Morgan fingerprint density at radius 2 is 1.72 bits per heavy atom. The van der Waals surface area contributed by atoms with Gasteiger partial charge in [-0.1, -0.05) is 17.7 Å². The third kappa shape index (κ3) is 5.48. The summed E-state index contributed by atoms with van der Waals surface area (Å²) in [6.07, 6.45) is -4.55. The lowest BCUT2D eigenvalue weighted by molar-refractivity contribution is -0.137. The number of carbonyl (C=O) groups is 1. The van der Waals surface area contributed by atoms with E-state index in [-0.39, 0.29) is 12.2 Å². The smallest absolute Gasteiger partial charge is 0.395 e. The molecule has 1 saturated heterocycles. The van der Waals surface area contributed by atoms with E-state index in [1.165, 1.54) is 6.07 Å². The highest BCUT2D eigenvalue weighted by molar-refractivity contribution is 6.05. The summed E-state index contributed by atoms with van der Waals surface area (Å²) in [5.41, 5.74) is 1.04. The first-order valence-corrected chi connectivity index (χ1v) is 9.45. The lowest BCUT2D eigenvalue weighted by Crippen LogP contribution is -2.47. The van der Waals surface area contributed by atoms with Gasteiger partial charge in [-0.25, -0.2) is 0 Å². The minimum absolute atomic E-state index is 0.0341. The number of amides is 1. The van der Waals surface area contributed by atoms with Crippen LogP contribution in [0.1, 0.15) is 21.5 Å². The number of nitrogens with zero attached hydrogens (tertiary/aromatic N) is 2. The SMILES string of the molecule is Cc1ccc(NC(=O)c2cc(N3CCN(CCO)CC3)cc(C(F)(F)F)c2)cc1. The molecule has 0 aromatic heterocycles. The first kappa shape index (κ1) is 21.1. The van der Waals surface area contributed by atoms with Crippen LogP contribution < -0.4 is 10.2 Å². The second kappa shape index (κ2) is 8.84. The Balaban J connectivity index is 1.84. The molecule has 1 aliphatic heterocycles. The van der Waals surface area contributed by atoms with Gasteiger partial charge in [0, 0.05) is 49.7 Å². The van der Waals surface area contributed by atoms with E-state index in [0.29, 0.717) is 44.1 Å². The maximum absolute atomic E-state index is 13.4.